The molecule has 1 saturated heterocycles. The predicted molar refractivity (Wildman–Crippen MR) is 86.8 cm³/mol. The molecule has 122 valence electrons. The number of nitrogens with one attached hydrogen (secondary N) is 1. The highest BCUT2D eigenvalue weighted by Gasteiger charge is 2.17. The first kappa shape index (κ1) is 16.9. The zero-order chi connectivity index (χ0) is 15.8. The summed E-state index contributed by atoms with van der Waals surface area (Å²) in [5.41, 5.74) is 2.05. The van der Waals surface area contributed by atoms with Crippen LogP contribution in [-0.2, 0) is 16.0 Å². The van der Waals surface area contributed by atoms with E-state index in [-0.39, 0.29) is 5.91 Å². The van der Waals surface area contributed by atoms with Gasteiger partial charge >= 0.3 is 0 Å². The van der Waals surface area contributed by atoms with Gasteiger partial charge in [0.1, 0.15) is 0 Å². The quantitative estimate of drug-likeness (QED) is 0.830. The third-order valence-electron chi connectivity index (χ3n) is 4.11. The fraction of sp³-hybridized carbons (Fsp3) is 0.647. The van der Waals surface area contributed by atoms with Gasteiger partial charge in [0.2, 0.25) is 5.91 Å². The van der Waals surface area contributed by atoms with Crippen molar-refractivity contribution in [2.75, 3.05) is 32.8 Å². The molecular weight excluding hydrogens is 278 g/mol. The number of aromatic nitrogens is 1. The van der Waals surface area contributed by atoms with Gasteiger partial charge in [-0.25, -0.2) is 0 Å². The van der Waals surface area contributed by atoms with Crippen molar-refractivity contribution in [3.05, 3.63) is 29.6 Å². The maximum atomic E-state index is 11.9. The van der Waals surface area contributed by atoms with Crippen LogP contribution in [0.15, 0.2) is 18.2 Å². The summed E-state index contributed by atoms with van der Waals surface area (Å²) in [6.45, 7) is 8.38. The smallest absolute Gasteiger partial charge is 0.220 e. The first-order valence-electron chi connectivity index (χ1n) is 8.16. The van der Waals surface area contributed by atoms with E-state index in [4.69, 9.17) is 4.74 Å². The lowest BCUT2D eigenvalue weighted by molar-refractivity contribution is -0.121. The van der Waals surface area contributed by atoms with Crippen molar-refractivity contribution < 1.29 is 9.53 Å². The van der Waals surface area contributed by atoms with Gasteiger partial charge in [-0.15, -0.1) is 0 Å². The molecule has 1 atom stereocenters. The number of nitrogens with zero attached hydrogens (tertiary/aromatic N) is 2. The number of hydrogen-bond acceptors (Lipinski definition) is 4. The lowest BCUT2D eigenvalue weighted by Crippen LogP contribution is -2.42. The molecule has 0 spiro atoms. The molecule has 5 nitrogen and oxygen atoms in total. The summed E-state index contributed by atoms with van der Waals surface area (Å²) in [6.07, 6.45) is 2.26. The summed E-state index contributed by atoms with van der Waals surface area (Å²) < 4.78 is 5.35. The van der Waals surface area contributed by atoms with Crippen LogP contribution < -0.4 is 5.32 Å². The Morgan fingerprint density at radius 1 is 1.41 bits per heavy atom. The molecule has 22 heavy (non-hydrogen) atoms. The van der Waals surface area contributed by atoms with Gasteiger partial charge in [0, 0.05) is 49.9 Å². The molecule has 1 fully saturated rings. The van der Waals surface area contributed by atoms with Crippen LogP contribution >= 0.6 is 0 Å². The van der Waals surface area contributed by atoms with E-state index in [1.807, 2.05) is 25.1 Å². The first-order chi connectivity index (χ1) is 10.6. The van der Waals surface area contributed by atoms with Crippen molar-refractivity contribution in [3.8, 4) is 0 Å². The van der Waals surface area contributed by atoms with E-state index in [2.05, 4.69) is 22.1 Å². The van der Waals surface area contributed by atoms with E-state index >= 15 is 0 Å². The van der Waals surface area contributed by atoms with Crippen LogP contribution in [0, 0.1) is 6.92 Å². The van der Waals surface area contributed by atoms with Crippen LogP contribution in [0.25, 0.3) is 0 Å². The number of pyridine rings is 1. The Morgan fingerprint density at radius 2 is 2.18 bits per heavy atom. The van der Waals surface area contributed by atoms with E-state index in [0.717, 1.165) is 50.5 Å². The number of rotatable bonds is 7. The van der Waals surface area contributed by atoms with Crippen molar-refractivity contribution >= 4 is 5.91 Å². The van der Waals surface area contributed by atoms with Crippen LogP contribution in [0.2, 0.25) is 0 Å². The number of ether oxygens (including phenoxy) is 1. The van der Waals surface area contributed by atoms with E-state index in [9.17, 15) is 4.79 Å². The maximum absolute atomic E-state index is 11.9. The second kappa shape index (κ2) is 8.86. The Morgan fingerprint density at radius 3 is 2.91 bits per heavy atom. The van der Waals surface area contributed by atoms with Crippen molar-refractivity contribution in [1.82, 2.24) is 15.2 Å². The van der Waals surface area contributed by atoms with E-state index in [0.29, 0.717) is 19.0 Å². The molecule has 0 radical (unpaired) electrons. The minimum Gasteiger partial charge on any atom is -0.379 e. The molecule has 1 N–H and O–H groups in total. The fourth-order valence-electron chi connectivity index (χ4n) is 2.70. The van der Waals surface area contributed by atoms with Crippen LogP contribution in [0.3, 0.4) is 0 Å². The molecule has 1 aliphatic rings. The third kappa shape index (κ3) is 5.73. The van der Waals surface area contributed by atoms with Crippen LogP contribution in [0.1, 0.15) is 31.2 Å². The maximum Gasteiger partial charge on any atom is 0.220 e. The van der Waals surface area contributed by atoms with Crippen molar-refractivity contribution in [2.45, 2.75) is 39.2 Å². The molecule has 0 unspecified atom stereocenters. The second-order valence-electron chi connectivity index (χ2n) is 5.91. The predicted octanol–water partition coefficient (Wildman–Crippen LogP) is 1.55. The summed E-state index contributed by atoms with van der Waals surface area (Å²) >= 11 is 0. The minimum atomic E-state index is 0.132. The Hall–Kier alpha value is -1.46. The number of hydrogen-bond donors (Lipinski definition) is 1. The van der Waals surface area contributed by atoms with Gasteiger partial charge in [0.25, 0.3) is 0 Å². The zero-order valence-corrected chi connectivity index (χ0v) is 13.7. The van der Waals surface area contributed by atoms with Gasteiger partial charge < -0.3 is 10.1 Å². The van der Waals surface area contributed by atoms with Crippen molar-refractivity contribution in [2.24, 2.45) is 0 Å². The summed E-state index contributed by atoms with van der Waals surface area (Å²) in [6, 6.07) is 6.42. The molecule has 0 bridgehead atoms. The van der Waals surface area contributed by atoms with Gasteiger partial charge in [0.15, 0.2) is 0 Å². The summed E-state index contributed by atoms with van der Waals surface area (Å²) in [5.74, 6) is 0.132. The van der Waals surface area contributed by atoms with E-state index in [1.54, 1.807) is 0 Å². The monoisotopic (exact) mass is 305 g/mol. The molecule has 0 aliphatic carbocycles. The Balaban J connectivity index is 1.61. The number of carbonyl (C=O) groups is 1. The summed E-state index contributed by atoms with van der Waals surface area (Å²) in [7, 11) is 0. The summed E-state index contributed by atoms with van der Waals surface area (Å²) in [5, 5.41) is 2.99. The van der Waals surface area contributed by atoms with E-state index in [1.165, 1.54) is 0 Å². The normalized spacial score (nSPS) is 17.2. The highest BCUT2D eigenvalue weighted by atomic mass is 16.5. The molecule has 2 heterocycles. The molecule has 1 aromatic rings. The molecule has 0 aromatic carbocycles. The first-order valence-corrected chi connectivity index (χ1v) is 8.16. The molecule has 0 saturated carbocycles. The number of amides is 1. The van der Waals surface area contributed by atoms with Gasteiger partial charge in [-0.1, -0.05) is 6.07 Å². The van der Waals surface area contributed by atoms with Crippen LogP contribution in [0.4, 0.5) is 0 Å². The topological polar surface area (TPSA) is 54.5 Å². The molecule has 5 heteroatoms. The van der Waals surface area contributed by atoms with Crippen molar-refractivity contribution in [1.29, 1.82) is 0 Å². The fourth-order valence-corrected chi connectivity index (χ4v) is 2.70. The van der Waals surface area contributed by atoms with Gasteiger partial charge in [-0.3, -0.25) is 14.7 Å². The zero-order valence-electron chi connectivity index (χ0n) is 13.7. The molecule has 1 amide bonds. The lowest BCUT2D eigenvalue weighted by Gasteiger charge is -2.32. The third-order valence-corrected chi connectivity index (χ3v) is 4.11. The lowest BCUT2D eigenvalue weighted by atomic mass is 10.1. The second-order valence-corrected chi connectivity index (χ2v) is 5.91. The average Bonchev–Trinajstić information content (AvgIpc) is 2.53. The van der Waals surface area contributed by atoms with Crippen molar-refractivity contribution in [3.63, 3.8) is 0 Å². The van der Waals surface area contributed by atoms with E-state index < -0.39 is 0 Å². The van der Waals surface area contributed by atoms with Gasteiger partial charge in [-0.2, -0.15) is 0 Å². The van der Waals surface area contributed by atoms with Gasteiger partial charge in [-0.05, 0) is 32.4 Å². The minimum absolute atomic E-state index is 0.132. The number of aryl methyl sites for hydroxylation is 1. The SMILES string of the molecule is Cc1cccc(CCNC(=O)CC[C@@H](C)N2CCOCC2)n1. The van der Waals surface area contributed by atoms with Crippen LogP contribution in [-0.4, -0.2) is 54.7 Å². The number of morpholine rings is 1. The Kier molecular flexibility index (Phi) is 6.80. The Bertz CT molecular complexity index is 473. The largest absolute Gasteiger partial charge is 0.379 e. The van der Waals surface area contributed by atoms with Crippen LogP contribution in [0.5, 0.6) is 0 Å². The Labute approximate surface area is 133 Å². The average molecular weight is 305 g/mol. The van der Waals surface area contributed by atoms with Gasteiger partial charge in [0.05, 0.1) is 13.2 Å². The highest BCUT2D eigenvalue weighted by Crippen LogP contribution is 2.09. The molecule has 2 rings (SSSR count). The summed E-state index contributed by atoms with van der Waals surface area (Å²) in [4.78, 5) is 18.7. The highest BCUT2D eigenvalue weighted by molar-refractivity contribution is 5.75. The molecule has 1 aliphatic heterocycles. The standard InChI is InChI=1S/C17H27N3O2/c1-14-4-3-5-16(19-14)8-9-18-17(21)7-6-15(2)20-10-12-22-13-11-20/h3-5,15H,6-13H2,1-2H3,(H,18,21)/t15-/m1/s1. The molecule has 1 aromatic heterocycles. The molecular formula is C17H27N3O2. The number of carbonyl (C=O) groups excluding carboxylic acids is 1.